The standard InChI is InChI=1S/C12H23N3O2.ClH/c1-3-4-5-9(8-13)15-11(17)12(6-7-12)10(16)14-2;/h9H,3-8,13H2,1-2H3,(H,14,16)(H,15,17);1H. The molecule has 0 heterocycles. The largest absolute Gasteiger partial charge is 0.358 e. The molecule has 1 saturated carbocycles. The quantitative estimate of drug-likeness (QED) is 0.595. The molecule has 2 amide bonds. The number of hydrogen-bond donors (Lipinski definition) is 3. The van der Waals surface area contributed by atoms with Gasteiger partial charge in [-0.15, -0.1) is 12.4 Å². The SMILES string of the molecule is CCCCC(CN)NC(=O)C1(C(=O)NC)CC1.Cl. The van der Waals surface area contributed by atoms with Gasteiger partial charge in [0, 0.05) is 19.6 Å². The highest BCUT2D eigenvalue weighted by Crippen LogP contribution is 2.46. The van der Waals surface area contributed by atoms with Crippen molar-refractivity contribution in [2.45, 2.75) is 45.1 Å². The molecule has 1 aliphatic carbocycles. The number of amides is 2. The number of carbonyl (C=O) groups excluding carboxylic acids is 2. The smallest absolute Gasteiger partial charge is 0.235 e. The Balaban J connectivity index is 0.00000289. The fourth-order valence-electron chi connectivity index (χ4n) is 1.94. The first-order chi connectivity index (χ1) is 8.10. The summed E-state index contributed by atoms with van der Waals surface area (Å²) in [6.07, 6.45) is 4.28. The number of carbonyl (C=O) groups is 2. The first kappa shape index (κ1) is 17.2. The third kappa shape index (κ3) is 3.85. The maximum atomic E-state index is 12.0. The van der Waals surface area contributed by atoms with Crippen molar-refractivity contribution in [2.75, 3.05) is 13.6 Å². The molecule has 0 aliphatic heterocycles. The predicted octanol–water partition coefficient (Wildman–Crippen LogP) is 0.568. The van der Waals surface area contributed by atoms with Crippen LogP contribution in [-0.4, -0.2) is 31.4 Å². The molecule has 18 heavy (non-hydrogen) atoms. The zero-order valence-corrected chi connectivity index (χ0v) is 11.9. The summed E-state index contributed by atoms with van der Waals surface area (Å²) in [6.45, 7) is 2.53. The second-order valence-electron chi connectivity index (χ2n) is 4.71. The molecule has 6 heteroatoms. The molecule has 1 fully saturated rings. The molecule has 0 spiro atoms. The summed E-state index contributed by atoms with van der Waals surface area (Å²) in [6, 6.07) is -0.00965. The van der Waals surface area contributed by atoms with Crippen molar-refractivity contribution in [3.05, 3.63) is 0 Å². The average Bonchev–Trinajstić information content (AvgIpc) is 3.14. The Morgan fingerprint density at radius 1 is 1.33 bits per heavy atom. The Hall–Kier alpha value is -0.810. The lowest BCUT2D eigenvalue weighted by atomic mass is 10.0. The van der Waals surface area contributed by atoms with Crippen LogP contribution in [0.1, 0.15) is 39.0 Å². The maximum Gasteiger partial charge on any atom is 0.235 e. The predicted molar refractivity (Wildman–Crippen MR) is 73.5 cm³/mol. The molecule has 1 aliphatic rings. The summed E-state index contributed by atoms with van der Waals surface area (Å²) in [5.41, 5.74) is 4.81. The number of halogens is 1. The fourth-order valence-corrected chi connectivity index (χ4v) is 1.94. The fraction of sp³-hybridized carbons (Fsp3) is 0.833. The minimum Gasteiger partial charge on any atom is -0.358 e. The van der Waals surface area contributed by atoms with Gasteiger partial charge in [-0.05, 0) is 19.3 Å². The van der Waals surface area contributed by atoms with Gasteiger partial charge in [0.05, 0.1) is 0 Å². The van der Waals surface area contributed by atoms with Crippen molar-refractivity contribution in [3.8, 4) is 0 Å². The van der Waals surface area contributed by atoms with Crippen LogP contribution in [0.2, 0.25) is 0 Å². The third-order valence-electron chi connectivity index (χ3n) is 3.37. The van der Waals surface area contributed by atoms with E-state index in [1.807, 2.05) is 0 Å². The lowest BCUT2D eigenvalue weighted by Gasteiger charge is -2.20. The van der Waals surface area contributed by atoms with Gasteiger partial charge in [0.1, 0.15) is 5.41 Å². The second-order valence-corrected chi connectivity index (χ2v) is 4.71. The monoisotopic (exact) mass is 277 g/mol. The van der Waals surface area contributed by atoms with Crippen LogP contribution in [-0.2, 0) is 9.59 Å². The Kier molecular flexibility index (Phi) is 7.25. The molecule has 1 unspecified atom stereocenters. The molecule has 5 nitrogen and oxygen atoms in total. The van der Waals surface area contributed by atoms with Gasteiger partial charge in [0.25, 0.3) is 0 Å². The van der Waals surface area contributed by atoms with Gasteiger partial charge in [-0.2, -0.15) is 0 Å². The molecule has 106 valence electrons. The number of nitrogens with one attached hydrogen (secondary N) is 2. The molecule has 0 saturated heterocycles. The molecule has 0 bridgehead atoms. The highest BCUT2D eigenvalue weighted by atomic mass is 35.5. The van der Waals surface area contributed by atoms with Crippen molar-refractivity contribution < 1.29 is 9.59 Å². The Bertz CT molecular complexity index is 293. The maximum absolute atomic E-state index is 12.0. The summed E-state index contributed by atoms with van der Waals surface area (Å²) in [7, 11) is 1.56. The second kappa shape index (κ2) is 7.59. The topological polar surface area (TPSA) is 84.2 Å². The van der Waals surface area contributed by atoms with Gasteiger partial charge in [-0.25, -0.2) is 0 Å². The van der Waals surface area contributed by atoms with Crippen LogP contribution in [0, 0.1) is 5.41 Å². The minimum atomic E-state index is -0.811. The van der Waals surface area contributed by atoms with Crippen molar-refractivity contribution in [1.82, 2.24) is 10.6 Å². The Morgan fingerprint density at radius 3 is 2.33 bits per heavy atom. The van der Waals surface area contributed by atoms with Crippen LogP contribution in [0.5, 0.6) is 0 Å². The molecule has 4 N–H and O–H groups in total. The summed E-state index contributed by atoms with van der Waals surface area (Å²) in [5.74, 6) is -0.343. The van der Waals surface area contributed by atoms with Crippen molar-refractivity contribution in [1.29, 1.82) is 0 Å². The van der Waals surface area contributed by atoms with E-state index in [2.05, 4.69) is 17.6 Å². The molecule has 1 rings (SSSR count). The van der Waals surface area contributed by atoms with E-state index in [4.69, 9.17) is 5.73 Å². The zero-order valence-electron chi connectivity index (χ0n) is 11.1. The highest BCUT2D eigenvalue weighted by molar-refractivity contribution is 6.07. The van der Waals surface area contributed by atoms with Crippen LogP contribution in [0.25, 0.3) is 0 Å². The molecule has 0 aromatic heterocycles. The van der Waals surface area contributed by atoms with Gasteiger partial charge in [-0.3, -0.25) is 9.59 Å². The summed E-state index contributed by atoms with van der Waals surface area (Å²) >= 11 is 0. The summed E-state index contributed by atoms with van der Waals surface area (Å²) < 4.78 is 0. The van der Waals surface area contributed by atoms with Crippen molar-refractivity contribution >= 4 is 24.2 Å². The molecular formula is C12H24ClN3O2. The first-order valence-corrected chi connectivity index (χ1v) is 6.34. The lowest BCUT2D eigenvalue weighted by molar-refractivity contribution is -0.137. The summed E-state index contributed by atoms with van der Waals surface area (Å²) in [4.78, 5) is 23.7. The Labute approximate surface area is 115 Å². The van der Waals surface area contributed by atoms with Gasteiger partial charge < -0.3 is 16.4 Å². The third-order valence-corrected chi connectivity index (χ3v) is 3.37. The zero-order chi connectivity index (χ0) is 12.9. The van der Waals surface area contributed by atoms with Gasteiger partial charge in [-0.1, -0.05) is 19.8 Å². The average molecular weight is 278 g/mol. The van der Waals surface area contributed by atoms with Crippen LogP contribution in [0.4, 0.5) is 0 Å². The van der Waals surface area contributed by atoms with Crippen LogP contribution in [0.3, 0.4) is 0 Å². The van der Waals surface area contributed by atoms with E-state index in [0.717, 1.165) is 19.3 Å². The van der Waals surface area contributed by atoms with Gasteiger partial charge >= 0.3 is 0 Å². The van der Waals surface area contributed by atoms with E-state index in [9.17, 15) is 9.59 Å². The van der Waals surface area contributed by atoms with Crippen molar-refractivity contribution in [3.63, 3.8) is 0 Å². The Morgan fingerprint density at radius 2 is 1.94 bits per heavy atom. The van der Waals surface area contributed by atoms with E-state index in [1.165, 1.54) is 0 Å². The summed E-state index contributed by atoms with van der Waals surface area (Å²) in [5, 5.41) is 5.45. The number of unbranched alkanes of at least 4 members (excludes halogenated alkanes) is 1. The van der Waals surface area contributed by atoms with E-state index in [-0.39, 0.29) is 30.3 Å². The van der Waals surface area contributed by atoms with E-state index >= 15 is 0 Å². The number of nitrogens with two attached hydrogens (primary N) is 1. The first-order valence-electron chi connectivity index (χ1n) is 6.34. The van der Waals surface area contributed by atoms with E-state index < -0.39 is 5.41 Å². The normalized spacial score (nSPS) is 17.3. The molecule has 0 aromatic rings. The van der Waals surface area contributed by atoms with E-state index in [0.29, 0.717) is 19.4 Å². The number of hydrogen-bond acceptors (Lipinski definition) is 3. The molecular weight excluding hydrogens is 254 g/mol. The lowest BCUT2D eigenvalue weighted by Crippen LogP contribution is -2.48. The van der Waals surface area contributed by atoms with Crippen molar-refractivity contribution in [2.24, 2.45) is 11.1 Å². The van der Waals surface area contributed by atoms with Crippen LogP contribution in [0.15, 0.2) is 0 Å². The molecule has 0 aromatic carbocycles. The van der Waals surface area contributed by atoms with Gasteiger partial charge in [0.15, 0.2) is 0 Å². The van der Waals surface area contributed by atoms with Crippen LogP contribution >= 0.6 is 12.4 Å². The highest BCUT2D eigenvalue weighted by Gasteiger charge is 2.56. The van der Waals surface area contributed by atoms with Crippen LogP contribution < -0.4 is 16.4 Å². The molecule has 1 atom stereocenters. The molecule has 0 radical (unpaired) electrons. The van der Waals surface area contributed by atoms with E-state index in [1.54, 1.807) is 7.05 Å². The minimum absolute atomic E-state index is 0. The number of rotatable bonds is 7. The van der Waals surface area contributed by atoms with Gasteiger partial charge in [0.2, 0.25) is 11.8 Å².